The molecule has 0 spiro atoms. The molecule has 0 radical (unpaired) electrons. The second-order valence-electron chi connectivity index (χ2n) is 9.22. The van der Waals surface area contributed by atoms with E-state index in [-0.39, 0.29) is 41.3 Å². The van der Waals surface area contributed by atoms with Crippen molar-refractivity contribution in [3.63, 3.8) is 0 Å². The van der Waals surface area contributed by atoms with Gasteiger partial charge >= 0.3 is 0 Å². The first-order valence-corrected chi connectivity index (χ1v) is 10.9. The van der Waals surface area contributed by atoms with E-state index in [4.69, 9.17) is 11.5 Å². The second kappa shape index (κ2) is 7.39. The van der Waals surface area contributed by atoms with Gasteiger partial charge in [0.2, 0.25) is 0 Å². The first-order chi connectivity index (χ1) is 15.6. The maximum absolute atomic E-state index is 15.5. The largest absolute Gasteiger partial charge is 0.510 e. The summed E-state index contributed by atoms with van der Waals surface area (Å²) in [6.07, 6.45) is 1.69. The lowest BCUT2D eigenvalue weighted by Gasteiger charge is -2.43. The number of hydrogen-bond donors (Lipinski definition) is 6. The molecule has 4 aliphatic rings. The number of nitrogens with two attached hydrogens (primary N) is 2. The number of fused-ring (bicyclic) bond motifs is 3. The van der Waals surface area contributed by atoms with Crippen LogP contribution < -0.4 is 16.8 Å². The lowest BCUT2D eigenvalue weighted by Crippen LogP contribution is -2.54. The van der Waals surface area contributed by atoms with Gasteiger partial charge in [-0.05, 0) is 50.1 Å². The summed E-state index contributed by atoms with van der Waals surface area (Å²) in [6, 6.07) is -0.181. The topological polar surface area (TPSA) is 176 Å². The van der Waals surface area contributed by atoms with Gasteiger partial charge in [0, 0.05) is 22.7 Å². The fourth-order valence-corrected chi connectivity index (χ4v) is 5.97. The van der Waals surface area contributed by atoms with Gasteiger partial charge in [0.15, 0.2) is 11.6 Å². The second-order valence-corrected chi connectivity index (χ2v) is 9.22. The summed E-state index contributed by atoms with van der Waals surface area (Å²) >= 11 is 0. The number of halogens is 1. The molecule has 10 heteroatoms. The Kier molecular flexibility index (Phi) is 4.84. The highest BCUT2D eigenvalue weighted by atomic mass is 19.1. The first kappa shape index (κ1) is 21.6. The third kappa shape index (κ3) is 2.94. The van der Waals surface area contributed by atoms with Gasteiger partial charge < -0.3 is 32.1 Å². The third-order valence-corrected chi connectivity index (χ3v) is 7.50. The minimum atomic E-state index is -1.40. The van der Waals surface area contributed by atoms with Crippen LogP contribution in [0.2, 0.25) is 0 Å². The standard InChI is InChI=1S/C23H24FN3O6/c24-17-8(11-2-1-3-27-11)6-12(28)14-9(17)4-7-5-10-15(20(30)13(7)19(14)29)21(31)16(23(26)33)22(32)18(10)25/h6-7,10-11,15,18,27-29,32H,1-5,25H2,(H2,26,33)/t7?,10?,11?,15?,18-/m0/s1. The molecule has 1 saturated heterocycles. The summed E-state index contributed by atoms with van der Waals surface area (Å²) in [5, 5.41) is 35.1. The molecule has 5 atom stereocenters. The van der Waals surface area contributed by atoms with Crippen molar-refractivity contribution in [3.8, 4) is 5.75 Å². The number of carbonyl (C=O) groups is 3. The van der Waals surface area contributed by atoms with Crippen LogP contribution in [0.15, 0.2) is 23.0 Å². The van der Waals surface area contributed by atoms with Crippen molar-refractivity contribution in [2.75, 3.05) is 6.54 Å². The summed E-state index contributed by atoms with van der Waals surface area (Å²) in [5.41, 5.74) is 10.7. The number of phenols is 1. The number of allylic oxidation sites excluding steroid dienone is 1. The average Bonchev–Trinajstić information content (AvgIpc) is 3.28. The van der Waals surface area contributed by atoms with E-state index >= 15 is 4.39 Å². The highest BCUT2D eigenvalue weighted by Crippen LogP contribution is 2.50. The van der Waals surface area contributed by atoms with Crippen molar-refractivity contribution in [1.29, 1.82) is 0 Å². The van der Waals surface area contributed by atoms with E-state index in [0.717, 1.165) is 13.0 Å². The fraction of sp³-hybridized carbons (Fsp3) is 0.435. The van der Waals surface area contributed by atoms with Crippen LogP contribution in [-0.4, -0.2) is 45.4 Å². The SMILES string of the molecule is NC(=O)C1=C(O)[C@@H](N)C2CC3Cc4c(F)c(C5CCCN5)cc(O)c4C(O)=C3C(=O)C2C1=O. The van der Waals surface area contributed by atoms with Gasteiger partial charge in [0.1, 0.15) is 28.7 Å². The van der Waals surface area contributed by atoms with Crippen molar-refractivity contribution >= 4 is 23.2 Å². The monoisotopic (exact) mass is 457 g/mol. The molecule has 2 fully saturated rings. The van der Waals surface area contributed by atoms with Crippen molar-refractivity contribution < 1.29 is 34.1 Å². The number of nitrogens with one attached hydrogen (secondary N) is 1. The smallest absolute Gasteiger partial charge is 0.255 e. The molecule has 4 unspecified atom stereocenters. The Morgan fingerprint density at radius 2 is 1.91 bits per heavy atom. The Bertz CT molecular complexity index is 1180. The highest BCUT2D eigenvalue weighted by molar-refractivity contribution is 6.28. The number of aliphatic hydroxyl groups is 2. The van der Waals surface area contributed by atoms with Gasteiger partial charge in [0.25, 0.3) is 5.91 Å². The number of Topliss-reactive ketones (excluding diaryl/α,β-unsaturated/α-hetero) is 2. The summed E-state index contributed by atoms with van der Waals surface area (Å²) in [4.78, 5) is 38.0. The predicted octanol–water partition coefficient (Wildman–Crippen LogP) is 0.810. The molecule has 8 N–H and O–H groups in total. The fourth-order valence-electron chi connectivity index (χ4n) is 5.97. The van der Waals surface area contributed by atoms with Crippen LogP contribution in [0.3, 0.4) is 0 Å². The normalized spacial score (nSPS) is 31.4. The number of aromatic hydroxyl groups is 1. The van der Waals surface area contributed by atoms with Crippen molar-refractivity contribution in [3.05, 3.63) is 45.5 Å². The molecule has 1 aliphatic heterocycles. The molecular weight excluding hydrogens is 433 g/mol. The summed E-state index contributed by atoms with van der Waals surface area (Å²) < 4.78 is 15.5. The molecule has 0 aromatic heterocycles. The summed E-state index contributed by atoms with van der Waals surface area (Å²) in [5.74, 6) is -7.95. The number of rotatable bonds is 2. The van der Waals surface area contributed by atoms with Crippen LogP contribution >= 0.6 is 0 Å². The van der Waals surface area contributed by atoms with Gasteiger partial charge in [-0.25, -0.2) is 4.39 Å². The van der Waals surface area contributed by atoms with E-state index in [9.17, 15) is 29.7 Å². The number of carbonyl (C=O) groups excluding carboxylic acids is 3. The van der Waals surface area contributed by atoms with Gasteiger partial charge in [-0.3, -0.25) is 14.4 Å². The van der Waals surface area contributed by atoms with Crippen molar-refractivity contribution in [1.82, 2.24) is 5.32 Å². The molecule has 5 rings (SSSR count). The van der Waals surface area contributed by atoms with Gasteiger partial charge in [-0.15, -0.1) is 0 Å². The Labute approximate surface area is 187 Å². The zero-order valence-corrected chi connectivity index (χ0v) is 17.6. The number of hydrogen-bond acceptors (Lipinski definition) is 8. The van der Waals surface area contributed by atoms with E-state index in [1.807, 2.05) is 0 Å². The van der Waals surface area contributed by atoms with Gasteiger partial charge in [-0.1, -0.05) is 0 Å². The summed E-state index contributed by atoms with van der Waals surface area (Å²) in [7, 11) is 0. The number of ketones is 2. The van der Waals surface area contributed by atoms with E-state index in [1.165, 1.54) is 6.07 Å². The van der Waals surface area contributed by atoms with Crippen LogP contribution in [0.4, 0.5) is 4.39 Å². The van der Waals surface area contributed by atoms with Crippen LogP contribution in [0.25, 0.3) is 5.76 Å². The minimum Gasteiger partial charge on any atom is -0.510 e. The molecule has 1 aromatic rings. The van der Waals surface area contributed by atoms with E-state index < -0.39 is 64.2 Å². The highest BCUT2D eigenvalue weighted by Gasteiger charge is 2.54. The van der Waals surface area contributed by atoms with Gasteiger partial charge in [0.05, 0.1) is 17.5 Å². The quantitative estimate of drug-likeness (QED) is 0.279. The third-order valence-electron chi connectivity index (χ3n) is 7.50. The zero-order valence-electron chi connectivity index (χ0n) is 17.6. The molecule has 1 heterocycles. The van der Waals surface area contributed by atoms with Crippen LogP contribution in [0.5, 0.6) is 5.75 Å². The Morgan fingerprint density at radius 3 is 2.55 bits per heavy atom. The number of aliphatic hydroxyl groups excluding tert-OH is 2. The molecule has 33 heavy (non-hydrogen) atoms. The van der Waals surface area contributed by atoms with E-state index in [1.54, 1.807) is 0 Å². The maximum Gasteiger partial charge on any atom is 0.255 e. The molecule has 1 saturated carbocycles. The Morgan fingerprint density at radius 1 is 1.18 bits per heavy atom. The number of primary amides is 1. The van der Waals surface area contributed by atoms with Gasteiger partial charge in [-0.2, -0.15) is 0 Å². The summed E-state index contributed by atoms with van der Waals surface area (Å²) in [6.45, 7) is 0.730. The Balaban J connectivity index is 1.63. The van der Waals surface area contributed by atoms with E-state index in [2.05, 4.69) is 5.32 Å². The lowest BCUT2D eigenvalue weighted by atomic mass is 9.60. The Hall–Kier alpha value is -3.24. The molecule has 0 bridgehead atoms. The number of benzene rings is 1. The van der Waals surface area contributed by atoms with E-state index in [0.29, 0.717) is 12.0 Å². The molecular formula is C23H24FN3O6. The van der Waals surface area contributed by atoms with Crippen LogP contribution in [-0.2, 0) is 20.8 Å². The first-order valence-electron chi connectivity index (χ1n) is 10.9. The average molecular weight is 457 g/mol. The lowest BCUT2D eigenvalue weighted by molar-refractivity contribution is -0.135. The molecule has 1 aromatic carbocycles. The minimum absolute atomic E-state index is 0.0116. The number of phenolic OH excluding ortho intramolecular Hbond substituents is 1. The zero-order chi connectivity index (χ0) is 23.8. The molecule has 1 amide bonds. The molecule has 9 nitrogen and oxygen atoms in total. The van der Waals surface area contributed by atoms with Crippen LogP contribution in [0.1, 0.15) is 42.0 Å². The maximum atomic E-state index is 15.5. The van der Waals surface area contributed by atoms with Crippen LogP contribution in [0, 0.1) is 23.6 Å². The predicted molar refractivity (Wildman–Crippen MR) is 113 cm³/mol. The molecule has 174 valence electrons. The van der Waals surface area contributed by atoms with Crippen molar-refractivity contribution in [2.45, 2.75) is 37.8 Å². The van der Waals surface area contributed by atoms with Crippen molar-refractivity contribution in [2.24, 2.45) is 29.2 Å². The molecule has 3 aliphatic carbocycles. The number of amides is 1.